The molecule has 5 heteroatoms. The maximum absolute atomic E-state index is 11.5. The molecule has 5 nitrogen and oxygen atoms in total. The average molecular weight is 229 g/mol. The molecule has 1 amide bonds. The van der Waals surface area contributed by atoms with E-state index < -0.39 is 0 Å². The molecule has 0 atom stereocenters. The number of nitrogens with zero attached hydrogens (tertiary/aromatic N) is 1. The summed E-state index contributed by atoms with van der Waals surface area (Å²) in [6, 6.07) is 0. The van der Waals surface area contributed by atoms with E-state index in [9.17, 15) is 4.79 Å². The van der Waals surface area contributed by atoms with Crippen molar-refractivity contribution in [3.63, 3.8) is 0 Å². The highest BCUT2D eigenvalue weighted by Gasteiger charge is 2.12. The molecule has 0 aromatic rings. The summed E-state index contributed by atoms with van der Waals surface area (Å²) in [4.78, 5) is 13.7. The number of hydrogen-bond acceptors (Lipinski definition) is 4. The van der Waals surface area contributed by atoms with Crippen LogP contribution >= 0.6 is 0 Å². The first kappa shape index (κ1) is 13.4. The minimum absolute atomic E-state index is 0.117. The van der Waals surface area contributed by atoms with Crippen molar-refractivity contribution in [1.82, 2.24) is 15.5 Å². The van der Waals surface area contributed by atoms with Crippen LogP contribution in [0.2, 0.25) is 0 Å². The number of carbonyl (C=O) groups is 1. The molecule has 0 spiro atoms. The fourth-order valence-electron chi connectivity index (χ4n) is 1.77. The zero-order chi connectivity index (χ0) is 11.6. The van der Waals surface area contributed by atoms with Crippen LogP contribution in [-0.2, 0) is 4.79 Å². The van der Waals surface area contributed by atoms with E-state index >= 15 is 0 Å². The van der Waals surface area contributed by atoms with Gasteiger partial charge in [0.1, 0.15) is 0 Å². The van der Waals surface area contributed by atoms with Gasteiger partial charge in [0.2, 0.25) is 5.91 Å². The normalized spacial score (nSPS) is 17.3. The fraction of sp³-hybridized carbons (Fsp3) is 0.909. The molecule has 0 aromatic heterocycles. The lowest BCUT2D eigenvalue weighted by atomic mass is 10.2. The second kappa shape index (κ2) is 8.50. The largest absolute Gasteiger partial charge is 0.396 e. The number of hydrogen-bond donors (Lipinski definition) is 3. The molecule has 0 unspecified atom stereocenters. The van der Waals surface area contributed by atoms with Gasteiger partial charge in [-0.2, -0.15) is 0 Å². The molecule has 1 aliphatic heterocycles. The summed E-state index contributed by atoms with van der Waals surface area (Å²) in [5.74, 6) is 0.117. The van der Waals surface area contributed by atoms with E-state index in [-0.39, 0.29) is 12.5 Å². The van der Waals surface area contributed by atoms with Gasteiger partial charge in [0.25, 0.3) is 0 Å². The molecule has 16 heavy (non-hydrogen) atoms. The first-order valence-corrected chi connectivity index (χ1v) is 6.13. The Labute approximate surface area is 97.2 Å². The Hall–Kier alpha value is -0.650. The van der Waals surface area contributed by atoms with Crippen molar-refractivity contribution in [3.05, 3.63) is 0 Å². The van der Waals surface area contributed by atoms with Gasteiger partial charge >= 0.3 is 0 Å². The zero-order valence-electron chi connectivity index (χ0n) is 9.87. The third-order valence-electron chi connectivity index (χ3n) is 2.73. The number of aliphatic hydroxyl groups is 1. The van der Waals surface area contributed by atoms with E-state index in [1.807, 2.05) is 0 Å². The molecular weight excluding hydrogens is 206 g/mol. The Kier molecular flexibility index (Phi) is 7.12. The van der Waals surface area contributed by atoms with E-state index in [1.165, 1.54) is 0 Å². The second-order valence-electron chi connectivity index (χ2n) is 4.16. The highest BCUT2D eigenvalue weighted by Crippen LogP contribution is 1.93. The minimum atomic E-state index is 0.117. The van der Waals surface area contributed by atoms with Gasteiger partial charge < -0.3 is 15.7 Å². The molecule has 0 saturated carbocycles. The molecule has 0 bridgehead atoms. The van der Waals surface area contributed by atoms with E-state index in [1.54, 1.807) is 0 Å². The quantitative estimate of drug-likeness (QED) is 0.499. The summed E-state index contributed by atoms with van der Waals surface area (Å²) in [6.07, 6.45) is 2.76. The zero-order valence-corrected chi connectivity index (χ0v) is 9.87. The summed E-state index contributed by atoms with van der Waals surface area (Å²) >= 11 is 0. The molecule has 0 radical (unpaired) electrons. The van der Waals surface area contributed by atoms with E-state index in [2.05, 4.69) is 15.5 Å². The van der Waals surface area contributed by atoms with Crippen molar-refractivity contribution in [2.45, 2.75) is 19.3 Å². The van der Waals surface area contributed by atoms with Gasteiger partial charge in [0.15, 0.2) is 0 Å². The van der Waals surface area contributed by atoms with E-state index in [0.29, 0.717) is 6.54 Å². The maximum atomic E-state index is 11.5. The van der Waals surface area contributed by atoms with Crippen LogP contribution in [0.1, 0.15) is 19.3 Å². The predicted octanol–water partition coefficient (Wildman–Crippen LogP) is -0.830. The van der Waals surface area contributed by atoms with Gasteiger partial charge in [-0.3, -0.25) is 9.69 Å². The first-order chi connectivity index (χ1) is 7.83. The van der Waals surface area contributed by atoms with Crippen molar-refractivity contribution >= 4 is 5.91 Å². The van der Waals surface area contributed by atoms with Crippen LogP contribution < -0.4 is 10.6 Å². The number of rotatable bonds is 7. The summed E-state index contributed by atoms with van der Waals surface area (Å²) in [5.41, 5.74) is 0. The summed E-state index contributed by atoms with van der Waals surface area (Å²) in [5, 5.41) is 14.8. The molecule has 1 aliphatic rings. The highest BCUT2D eigenvalue weighted by molar-refractivity contribution is 5.77. The van der Waals surface area contributed by atoms with Gasteiger partial charge in [-0.05, 0) is 19.3 Å². The Morgan fingerprint density at radius 3 is 2.69 bits per heavy atom. The number of nitrogens with one attached hydrogen (secondary N) is 2. The maximum Gasteiger partial charge on any atom is 0.234 e. The third kappa shape index (κ3) is 6.05. The van der Waals surface area contributed by atoms with Gasteiger partial charge in [-0.15, -0.1) is 0 Å². The van der Waals surface area contributed by atoms with Crippen molar-refractivity contribution in [2.24, 2.45) is 0 Å². The lowest BCUT2D eigenvalue weighted by molar-refractivity contribution is -0.122. The molecule has 1 rings (SSSR count). The van der Waals surface area contributed by atoms with Crippen LogP contribution in [0.25, 0.3) is 0 Å². The van der Waals surface area contributed by atoms with Gasteiger partial charge in [0, 0.05) is 39.3 Å². The topological polar surface area (TPSA) is 64.6 Å². The molecular formula is C11H23N3O2. The highest BCUT2D eigenvalue weighted by atomic mass is 16.2. The molecule has 0 aliphatic carbocycles. The number of aliphatic hydroxyl groups excluding tert-OH is 1. The van der Waals surface area contributed by atoms with E-state index in [4.69, 9.17) is 5.11 Å². The van der Waals surface area contributed by atoms with Crippen molar-refractivity contribution < 1.29 is 9.90 Å². The Morgan fingerprint density at radius 2 is 2.00 bits per heavy atom. The lowest BCUT2D eigenvalue weighted by Crippen LogP contribution is -2.47. The van der Waals surface area contributed by atoms with Crippen LogP contribution in [0.15, 0.2) is 0 Å². The van der Waals surface area contributed by atoms with Gasteiger partial charge in [0.05, 0.1) is 6.54 Å². The average Bonchev–Trinajstić information content (AvgIpc) is 2.30. The van der Waals surface area contributed by atoms with Crippen LogP contribution in [0.5, 0.6) is 0 Å². The number of carbonyl (C=O) groups excluding carboxylic acids is 1. The SMILES string of the molecule is O=C(CN1CCNCC1)NCCCCCO. The number of amides is 1. The summed E-state index contributed by atoms with van der Waals surface area (Å²) in [6.45, 7) is 5.35. The smallest absolute Gasteiger partial charge is 0.234 e. The molecule has 1 saturated heterocycles. The molecule has 3 N–H and O–H groups in total. The van der Waals surface area contributed by atoms with E-state index in [0.717, 1.165) is 52.0 Å². The summed E-state index contributed by atoms with van der Waals surface area (Å²) < 4.78 is 0. The van der Waals surface area contributed by atoms with Crippen LogP contribution in [-0.4, -0.2) is 61.8 Å². The predicted molar refractivity (Wildman–Crippen MR) is 63.3 cm³/mol. The minimum Gasteiger partial charge on any atom is -0.396 e. The summed E-state index contributed by atoms with van der Waals surface area (Å²) in [7, 11) is 0. The monoisotopic (exact) mass is 229 g/mol. The lowest BCUT2D eigenvalue weighted by Gasteiger charge is -2.26. The molecule has 1 heterocycles. The van der Waals surface area contributed by atoms with Crippen molar-refractivity contribution in [3.8, 4) is 0 Å². The Morgan fingerprint density at radius 1 is 1.25 bits per heavy atom. The third-order valence-corrected chi connectivity index (χ3v) is 2.73. The van der Waals surface area contributed by atoms with Crippen LogP contribution in [0.4, 0.5) is 0 Å². The number of unbranched alkanes of at least 4 members (excludes halogenated alkanes) is 2. The van der Waals surface area contributed by atoms with Crippen molar-refractivity contribution in [2.75, 3.05) is 45.9 Å². The van der Waals surface area contributed by atoms with Crippen LogP contribution in [0, 0.1) is 0 Å². The second-order valence-corrected chi connectivity index (χ2v) is 4.16. The van der Waals surface area contributed by atoms with Gasteiger partial charge in [-0.25, -0.2) is 0 Å². The standard InChI is InChI=1S/C11H23N3O2/c15-9-3-1-2-4-13-11(16)10-14-7-5-12-6-8-14/h12,15H,1-10H2,(H,13,16). The Bertz CT molecular complexity index is 194. The van der Waals surface area contributed by atoms with Crippen LogP contribution in [0.3, 0.4) is 0 Å². The van der Waals surface area contributed by atoms with Gasteiger partial charge in [-0.1, -0.05) is 0 Å². The molecule has 0 aromatic carbocycles. The number of piperazine rings is 1. The first-order valence-electron chi connectivity index (χ1n) is 6.13. The Balaban J connectivity index is 1.97. The molecule has 94 valence electrons. The van der Waals surface area contributed by atoms with Crippen molar-refractivity contribution in [1.29, 1.82) is 0 Å². The fourth-order valence-corrected chi connectivity index (χ4v) is 1.77. The molecule has 1 fully saturated rings.